The number of benzene rings is 1. The van der Waals surface area contributed by atoms with Crippen molar-refractivity contribution in [2.45, 2.75) is 25.3 Å². The summed E-state index contributed by atoms with van der Waals surface area (Å²) in [4.78, 5) is 11.9. The molecule has 0 aliphatic carbocycles. The number of hydrogen-bond donors (Lipinski definition) is 3. The molecule has 1 amide bonds. The van der Waals surface area contributed by atoms with Crippen molar-refractivity contribution in [2.24, 2.45) is 0 Å². The summed E-state index contributed by atoms with van der Waals surface area (Å²) in [5, 5.41) is 15.9. The van der Waals surface area contributed by atoms with Crippen LogP contribution in [0.1, 0.15) is 29.6 Å². The highest BCUT2D eigenvalue weighted by Crippen LogP contribution is 2.20. The Kier molecular flexibility index (Phi) is 4.44. The zero-order valence-electron chi connectivity index (χ0n) is 10.1. The molecule has 1 aromatic rings. The van der Waals surface area contributed by atoms with E-state index in [1.807, 2.05) is 0 Å². The van der Waals surface area contributed by atoms with Crippen LogP contribution in [0, 0.1) is 0 Å². The fraction of sp³-hybridized carbons (Fsp3) is 0.462. The molecule has 0 bridgehead atoms. The summed E-state index contributed by atoms with van der Waals surface area (Å²) >= 11 is 5.91. The molecule has 1 aliphatic heterocycles. The van der Waals surface area contributed by atoms with E-state index in [1.165, 1.54) is 31.0 Å². The van der Waals surface area contributed by atoms with Crippen molar-refractivity contribution >= 4 is 17.5 Å². The molecule has 1 atom stereocenters. The highest BCUT2D eigenvalue weighted by molar-refractivity contribution is 6.33. The molecule has 1 aromatic carbocycles. The maximum atomic E-state index is 11.9. The number of nitrogens with one attached hydrogen (secondary N) is 2. The van der Waals surface area contributed by atoms with Gasteiger partial charge in [0.25, 0.3) is 5.91 Å². The molecular weight excluding hydrogens is 252 g/mol. The zero-order chi connectivity index (χ0) is 13.0. The average Bonchev–Trinajstić information content (AvgIpc) is 2.85. The highest BCUT2D eigenvalue weighted by Gasteiger charge is 2.15. The molecular formula is C13H17ClN2O2. The number of rotatable bonds is 4. The van der Waals surface area contributed by atoms with Crippen LogP contribution in [0.5, 0.6) is 5.75 Å². The number of carbonyl (C=O) groups is 1. The molecule has 18 heavy (non-hydrogen) atoms. The van der Waals surface area contributed by atoms with Crippen molar-refractivity contribution in [2.75, 3.05) is 13.1 Å². The number of halogens is 1. The molecule has 0 unspecified atom stereocenters. The molecule has 0 spiro atoms. The molecule has 1 fully saturated rings. The topological polar surface area (TPSA) is 61.4 Å². The summed E-state index contributed by atoms with van der Waals surface area (Å²) in [5.41, 5.74) is 0.316. The third-order valence-corrected chi connectivity index (χ3v) is 3.46. The van der Waals surface area contributed by atoms with Gasteiger partial charge in [0.1, 0.15) is 5.75 Å². The summed E-state index contributed by atoms with van der Waals surface area (Å²) < 4.78 is 0. The Hall–Kier alpha value is -1.26. The fourth-order valence-corrected chi connectivity index (χ4v) is 2.35. The predicted octanol–water partition coefficient (Wildman–Crippen LogP) is 1.92. The second kappa shape index (κ2) is 6.07. The smallest absolute Gasteiger partial charge is 0.252 e. The van der Waals surface area contributed by atoms with E-state index in [0.717, 1.165) is 13.0 Å². The molecule has 4 nitrogen and oxygen atoms in total. The third-order valence-electron chi connectivity index (χ3n) is 3.14. The van der Waals surface area contributed by atoms with Crippen molar-refractivity contribution < 1.29 is 9.90 Å². The third kappa shape index (κ3) is 3.37. The lowest BCUT2D eigenvalue weighted by atomic mass is 10.1. The van der Waals surface area contributed by atoms with Gasteiger partial charge in [0.2, 0.25) is 0 Å². The first-order valence-electron chi connectivity index (χ1n) is 6.17. The Bertz CT molecular complexity index is 431. The van der Waals surface area contributed by atoms with Gasteiger partial charge in [0, 0.05) is 12.6 Å². The van der Waals surface area contributed by atoms with Gasteiger partial charge in [-0.3, -0.25) is 4.79 Å². The number of aromatic hydroxyl groups is 1. The largest absolute Gasteiger partial charge is 0.508 e. The molecule has 1 aliphatic rings. The van der Waals surface area contributed by atoms with E-state index in [0.29, 0.717) is 23.2 Å². The van der Waals surface area contributed by atoms with E-state index in [4.69, 9.17) is 11.6 Å². The van der Waals surface area contributed by atoms with Crippen molar-refractivity contribution in [1.29, 1.82) is 0 Å². The summed E-state index contributed by atoms with van der Waals surface area (Å²) in [5.74, 6) is -0.198. The molecule has 1 saturated heterocycles. The predicted molar refractivity (Wildman–Crippen MR) is 71.1 cm³/mol. The highest BCUT2D eigenvalue weighted by atomic mass is 35.5. The number of hydrogen-bond acceptors (Lipinski definition) is 3. The van der Waals surface area contributed by atoms with E-state index in [9.17, 15) is 9.90 Å². The van der Waals surface area contributed by atoms with E-state index >= 15 is 0 Å². The Balaban J connectivity index is 1.85. The molecule has 0 radical (unpaired) electrons. The van der Waals surface area contributed by atoms with Crippen molar-refractivity contribution in [1.82, 2.24) is 10.6 Å². The summed E-state index contributed by atoms with van der Waals surface area (Å²) in [6.45, 7) is 1.68. The van der Waals surface area contributed by atoms with Crippen LogP contribution in [0.15, 0.2) is 18.2 Å². The van der Waals surface area contributed by atoms with Crippen LogP contribution in [0.25, 0.3) is 0 Å². The van der Waals surface area contributed by atoms with Crippen LogP contribution in [0.4, 0.5) is 0 Å². The van der Waals surface area contributed by atoms with E-state index in [-0.39, 0.29) is 11.7 Å². The van der Waals surface area contributed by atoms with Gasteiger partial charge < -0.3 is 15.7 Å². The van der Waals surface area contributed by atoms with Gasteiger partial charge in [-0.15, -0.1) is 0 Å². The summed E-state index contributed by atoms with van der Waals surface area (Å²) in [7, 11) is 0. The van der Waals surface area contributed by atoms with Gasteiger partial charge >= 0.3 is 0 Å². The standard InChI is InChI=1S/C13H17ClN2O2/c14-12-4-3-10(17)8-11(12)13(18)16-7-5-9-2-1-6-15-9/h3-4,8-9,15,17H,1-2,5-7H2,(H,16,18)/t9-/m1/s1. The van der Waals surface area contributed by atoms with Gasteiger partial charge in [-0.1, -0.05) is 11.6 Å². The molecule has 1 heterocycles. The first kappa shape index (κ1) is 13.2. The van der Waals surface area contributed by atoms with Crippen LogP contribution in [0.2, 0.25) is 5.02 Å². The molecule has 0 aromatic heterocycles. The molecule has 3 N–H and O–H groups in total. The van der Waals surface area contributed by atoms with Gasteiger partial charge in [0.05, 0.1) is 10.6 Å². The minimum absolute atomic E-state index is 0.0435. The van der Waals surface area contributed by atoms with Crippen LogP contribution >= 0.6 is 11.6 Å². The fourth-order valence-electron chi connectivity index (χ4n) is 2.15. The normalized spacial score (nSPS) is 18.8. The van der Waals surface area contributed by atoms with Gasteiger partial charge in [-0.25, -0.2) is 0 Å². The van der Waals surface area contributed by atoms with Crippen LogP contribution in [-0.2, 0) is 0 Å². The zero-order valence-corrected chi connectivity index (χ0v) is 10.8. The molecule has 98 valence electrons. The van der Waals surface area contributed by atoms with Crippen molar-refractivity contribution in [3.8, 4) is 5.75 Å². The lowest BCUT2D eigenvalue weighted by Crippen LogP contribution is -2.30. The SMILES string of the molecule is O=C(NCC[C@H]1CCCN1)c1cc(O)ccc1Cl. The van der Waals surface area contributed by atoms with Gasteiger partial charge in [-0.05, 0) is 44.0 Å². The Morgan fingerprint density at radius 1 is 1.56 bits per heavy atom. The minimum Gasteiger partial charge on any atom is -0.508 e. The Labute approximate surface area is 111 Å². The Morgan fingerprint density at radius 3 is 3.11 bits per heavy atom. The summed E-state index contributed by atoms with van der Waals surface area (Å²) in [6.07, 6.45) is 3.29. The van der Waals surface area contributed by atoms with Gasteiger partial charge in [0.15, 0.2) is 0 Å². The van der Waals surface area contributed by atoms with Gasteiger partial charge in [-0.2, -0.15) is 0 Å². The second-order valence-corrected chi connectivity index (χ2v) is 4.91. The second-order valence-electron chi connectivity index (χ2n) is 4.50. The molecule has 5 heteroatoms. The lowest BCUT2D eigenvalue weighted by Gasteiger charge is -2.11. The van der Waals surface area contributed by atoms with Crippen LogP contribution < -0.4 is 10.6 Å². The monoisotopic (exact) mass is 268 g/mol. The molecule has 0 saturated carbocycles. The number of amides is 1. The molecule has 2 rings (SSSR count). The van der Waals surface area contributed by atoms with Crippen molar-refractivity contribution in [3.05, 3.63) is 28.8 Å². The van der Waals surface area contributed by atoms with E-state index < -0.39 is 0 Å². The number of phenolic OH excluding ortho intramolecular Hbond substituents is 1. The average molecular weight is 269 g/mol. The van der Waals surface area contributed by atoms with Crippen LogP contribution in [-0.4, -0.2) is 30.1 Å². The maximum absolute atomic E-state index is 11.9. The van der Waals surface area contributed by atoms with E-state index in [1.54, 1.807) is 0 Å². The van der Waals surface area contributed by atoms with Crippen molar-refractivity contribution in [3.63, 3.8) is 0 Å². The maximum Gasteiger partial charge on any atom is 0.252 e. The minimum atomic E-state index is -0.242. The first-order valence-corrected chi connectivity index (χ1v) is 6.54. The van der Waals surface area contributed by atoms with Crippen LogP contribution in [0.3, 0.4) is 0 Å². The summed E-state index contributed by atoms with van der Waals surface area (Å²) in [6, 6.07) is 4.86. The Morgan fingerprint density at radius 2 is 2.39 bits per heavy atom. The first-order chi connectivity index (χ1) is 8.66. The lowest BCUT2D eigenvalue weighted by molar-refractivity contribution is 0.0952. The number of carbonyl (C=O) groups excluding carboxylic acids is 1. The quantitative estimate of drug-likeness (QED) is 0.782. The van der Waals surface area contributed by atoms with E-state index in [2.05, 4.69) is 10.6 Å². The number of phenols is 1.